The minimum atomic E-state index is 0. The second-order valence-electron chi connectivity index (χ2n) is 8.01. The van der Waals surface area contributed by atoms with Gasteiger partial charge in [0.15, 0.2) is 5.96 Å². The van der Waals surface area contributed by atoms with Gasteiger partial charge in [0.05, 0.1) is 36.6 Å². The van der Waals surface area contributed by atoms with E-state index in [1.807, 2.05) is 18.5 Å². The Labute approximate surface area is 213 Å². The second-order valence-corrected chi connectivity index (χ2v) is 8.01. The molecule has 1 fully saturated rings. The lowest BCUT2D eigenvalue weighted by atomic mass is 10.1. The largest absolute Gasteiger partial charge is 0.379 e. The third kappa shape index (κ3) is 7.68. The van der Waals surface area contributed by atoms with Gasteiger partial charge in [-0.3, -0.25) is 0 Å². The molecule has 1 aromatic heterocycles. The van der Waals surface area contributed by atoms with Crippen LogP contribution in [0.1, 0.15) is 30.9 Å². The van der Waals surface area contributed by atoms with Crippen LogP contribution in [0, 0.1) is 0 Å². The van der Waals surface area contributed by atoms with Crippen LogP contribution in [0.25, 0.3) is 11.0 Å². The van der Waals surface area contributed by atoms with Gasteiger partial charge in [-0.1, -0.05) is 36.4 Å². The summed E-state index contributed by atoms with van der Waals surface area (Å²) in [5, 5.41) is 6.70. The van der Waals surface area contributed by atoms with Gasteiger partial charge in [0.1, 0.15) is 0 Å². The van der Waals surface area contributed by atoms with E-state index in [0.717, 1.165) is 69.3 Å². The Bertz CT molecular complexity index is 999. The van der Waals surface area contributed by atoms with Crippen molar-refractivity contribution in [2.45, 2.75) is 39.0 Å². The summed E-state index contributed by atoms with van der Waals surface area (Å²) >= 11 is 0. The number of halogens is 1. The Kier molecular flexibility index (Phi) is 10.4. The fourth-order valence-electron chi connectivity index (χ4n) is 3.77. The maximum atomic E-state index is 5.82. The molecule has 1 aliphatic rings. The number of aromatic nitrogens is 2. The molecule has 0 aliphatic carbocycles. The highest BCUT2D eigenvalue weighted by Gasteiger charge is 2.15. The van der Waals surface area contributed by atoms with Gasteiger partial charge < -0.3 is 24.7 Å². The minimum Gasteiger partial charge on any atom is -0.379 e. The van der Waals surface area contributed by atoms with Crippen LogP contribution in [-0.4, -0.2) is 54.5 Å². The summed E-state index contributed by atoms with van der Waals surface area (Å²) in [4.78, 5) is 9.20. The maximum Gasteiger partial charge on any atom is 0.191 e. The lowest BCUT2D eigenvalue weighted by Crippen LogP contribution is -2.38. The number of nitrogens with one attached hydrogen (secondary N) is 2. The van der Waals surface area contributed by atoms with E-state index in [4.69, 9.17) is 14.5 Å². The van der Waals surface area contributed by atoms with E-state index in [9.17, 15) is 0 Å². The molecule has 178 valence electrons. The third-order valence-corrected chi connectivity index (χ3v) is 5.52. The first kappa shape index (κ1) is 25.5. The zero-order valence-electron chi connectivity index (χ0n) is 19.2. The quantitative estimate of drug-likeness (QED) is 0.169. The number of benzene rings is 2. The van der Waals surface area contributed by atoms with Crippen molar-refractivity contribution in [3.8, 4) is 0 Å². The van der Waals surface area contributed by atoms with Crippen molar-refractivity contribution in [3.05, 3.63) is 66.0 Å². The van der Waals surface area contributed by atoms with Crippen molar-refractivity contribution in [2.75, 3.05) is 32.9 Å². The standard InChI is InChI=1S/C25H33N5O2.HI/c1-2-26-25(27-13-5-14-32-22-12-15-31-18-22)28-16-20-8-10-21(11-9-20)17-30-19-29-23-6-3-4-7-24(23)30;/h3-4,6-11,19,22H,2,5,12-18H2,1H3,(H2,26,27,28);1H. The van der Waals surface area contributed by atoms with E-state index >= 15 is 0 Å². The van der Waals surface area contributed by atoms with Crippen LogP contribution in [0.5, 0.6) is 0 Å². The van der Waals surface area contributed by atoms with Crippen molar-refractivity contribution in [1.29, 1.82) is 0 Å². The van der Waals surface area contributed by atoms with E-state index in [0.29, 0.717) is 6.54 Å². The van der Waals surface area contributed by atoms with Crippen LogP contribution < -0.4 is 10.6 Å². The summed E-state index contributed by atoms with van der Waals surface area (Å²) in [5.41, 5.74) is 4.62. The third-order valence-electron chi connectivity index (χ3n) is 5.52. The molecule has 7 nitrogen and oxygen atoms in total. The van der Waals surface area contributed by atoms with Gasteiger partial charge in [0.25, 0.3) is 0 Å². The van der Waals surface area contributed by atoms with Crippen LogP contribution in [0.15, 0.2) is 59.9 Å². The zero-order chi connectivity index (χ0) is 22.0. The summed E-state index contributed by atoms with van der Waals surface area (Å²) in [5.74, 6) is 0.839. The highest BCUT2D eigenvalue weighted by molar-refractivity contribution is 14.0. The van der Waals surface area contributed by atoms with Gasteiger partial charge in [-0.2, -0.15) is 0 Å². The SMILES string of the molecule is CCNC(=NCc1ccc(Cn2cnc3ccccc32)cc1)NCCCOC1CCOC1.I. The van der Waals surface area contributed by atoms with Gasteiger partial charge in [0, 0.05) is 32.8 Å². The van der Waals surface area contributed by atoms with Crippen molar-refractivity contribution in [2.24, 2.45) is 4.99 Å². The van der Waals surface area contributed by atoms with E-state index in [1.54, 1.807) is 0 Å². The average Bonchev–Trinajstić information content (AvgIpc) is 3.48. The molecule has 4 rings (SSSR count). The molecule has 2 N–H and O–H groups in total. The number of hydrogen-bond acceptors (Lipinski definition) is 4. The molecule has 1 atom stereocenters. The van der Waals surface area contributed by atoms with Gasteiger partial charge in [-0.25, -0.2) is 9.98 Å². The van der Waals surface area contributed by atoms with Crippen molar-refractivity contribution < 1.29 is 9.47 Å². The Morgan fingerprint density at radius 1 is 1.15 bits per heavy atom. The first-order valence-electron chi connectivity index (χ1n) is 11.5. The molecule has 33 heavy (non-hydrogen) atoms. The lowest BCUT2D eigenvalue weighted by Gasteiger charge is -2.13. The summed E-state index contributed by atoms with van der Waals surface area (Å²) in [6, 6.07) is 16.9. The first-order chi connectivity index (χ1) is 15.8. The number of para-hydroxylation sites is 2. The summed E-state index contributed by atoms with van der Waals surface area (Å²) in [6.45, 7) is 7.49. The van der Waals surface area contributed by atoms with E-state index < -0.39 is 0 Å². The molecule has 1 aliphatic heterocycles. The Hall–Kier alpha value is -2.17. The van der Waals surface area contributed by atoms with E-state index in [2.05, 4.69) is 63.5 Å². The summed E-state index contributed by atoms with van der Waals surface area (Å²) < 4.78 is 13.3. The number of nitrogens with zero attached hydrogens (tertiary/aromatic N) is 3. The molecule has 1 saturated heterocycles. The zero-order valence-corrected chi connectivity index (χ0v) is 21.5. The normalized spacial score (nSPS) is 16.0. The Morgan fingerprint density at radius 2 is 1.97 bits per heavy atom. The predicted octanol–water partition coefficient (Wildman–Crippen LogP) is 3.95. The topological polar surface area (TPSA) is 72.7 Å². The van der Waals surface area contributed by atoms with Gasteiger partial charge in [0.2, 0.25) is 0 Å². The van der Waals surface area contributed by atoms with Crippen LogP contribution >= 0.6 is 24.0 Å². The van der Waals surface area contributed by atoms with Gasteiger partial charge in [-0.15, -0.1) is 24.0 Å². The molecular weight excluding hydrogens is 529 g/mol. The van der Waals surface area contributed by atoms with Crippen molar-refractivity contribution >= 4 is 41.0 Å². The Balaban J connectivity index is 0.00000306. The summed E-state index contributed by atoms with van der Waals surface area (Å²) in [7, 11) is 0. The molecule has 0 amide bonds. The molecule has 1 unspecified atom stereocenters. The van der Waals surface area contributed by atoms with Gasteiger partial charge in [-0.05, 0) is 43.0 Å². The number of aliphatic imine (C=N–C) groups is 1. The monoisotopic (exact) mass is 563 g/mol. The maximum absolute atomic E-state index is 5.82. The highest BCUT2D eigenvalue weighted by atomic mass is 127. The Morgan fingerprint density at radius 3 is 2.76 bits per heavy atom. The number of guanidine groups is 1. The predicted molar refractivity (Wildman–Crippen MR) is 143 cm³/mol. The molecule has 0 spiro atoms. The van der Waals surface area contributed by atoms with Crippen LogP contribution in [0.4, 0.5) is 0 Å². The van der Waals surface area contributed by atoms with Crippen LogP contribution in [0.3, 0.4) is 0 Å². The lowest BCUT2D eigenvalue weighted by molar-refractivity contribution is 0.0420. The van der Waals surface area contributed by atoms with Crippen molar-refractivity contribution in [1.82, 2.24) is 20.2 Å². The molecule has 0 saturated carbocycles. The number of ether oxygens (including phenoxy) is 2. The second kappa shape index (κ2) is 13.5. The highest BCUT2D eigenvalue weighted by Crippen LogP contribution is 2.15. The van der Waals surface area contributed by atoms with E-state index in [-0.39, 0.29) is 30.1 Å². The molecule has 0 radical (unpaired) electrons. The number of rotatable bonds is 10. The number of fused-ring (bicyclic) bond motifs is 1. The van der Waals surface area contributed by atoms with Crippen LogP contribution in [-0.2, 0) is 22.6 Å². The first-order valence-corrected chi connectivity index (χ1v) is 11.5. The van der Waals surface area contributed by atoms with E-state index in [1.165, 1.54) is 11.1 Å². The fraction of sp³-hybridized carbons (Fsp3) is 0.440. The molecule has 0 bridgehead atoms. The fourth-order valence-corrected chi connectivity index (χ4v) is 3.77. The van der Waals surface area contributed by atoms with Gasteiger partial charge >= 0.3 is 0 Å². The summed E-state index contributed by atoms with van der Waals surface area (Å²) in [6.07, 6.45) is 4.13. The number of hydrogen-bond donors (Lipinski definition) is 2. The van der Waals surface area contributed by atoms with Crippen molar-refractivity contribution in [3.63, 3.8) is 0 Å². The van der Waals surface area contributed by atoms with Crippen LogP contribution in [0.2, 0.25) is 0 Å². The molecule has 3 aromatic rings. The number of imidazole rings is 1. The minimum absolute atomic E-state index is 0. The molecule has 2 heterocycles. The smallest absolute Gasteiger partial charge is 0.191 e. The molecule has 8 heteroatoms. The average molecular weight is 563 g/mol. The molecule has 2 aromatic carbocycles. The molecular formula is C25H34IN5O2.